The number of anilines is 1. The van der Waals surface area contributed by atoms with Crippen molar-refractivity contribution in [2.75, 3.05) is 25.3 Å². The van der Waals surface area contributed by atoms with Gasteiger partial charge < -0.3 is 24.5 Å². The van der Waals surface area contributed by atoms with Crippen LogP contribution in [0.1, 0.15) is 33.9 Å². The van der Waals surface area contributed by atoms with Crippen molar-refractivity contribution in [3.8, 4) is 5.88 Å². The quantitative estimate of drug-likeness (QED) is 0.616. The van der Waals surface area contributed by atoms with Crippen LogP contribution in [0.25, 0.3) is 11.2 Å². The zero-order valence-corrected chi connectivity index (χ0v) is 18.4. The summed E-state index contributed by atoms with van der Waals surface area (Å²) in [7, 11) is -3.66. The fourth-order valence-electron chi connectivity index (χ4n) is 3.67. The highest BCUT2D eigenvalue weighted by Gasteiger charge is 2.68. The van der Waals surface area contributed by atoms with Crippen LogP contribution in [0.15, 0.2) is 6.33 Å². The van der Waals surface area contributed by atoms with Crippen LogP contribution in [0.5, 0.6) is 5.88 Å². The number of nitrogens with two attached hydrogens (primary N) is 1. The molecule has 5 atom stereocenters. The van der Waals surface area contributed by atoms with Crippen molar-refractivity contribution in [1.82, 2.24) is 24.6 Å². The van der Waals surface area contributed by atoms with Gasteiger partial charge in [0.25, 0.3) is 13.4 Å². The number of rotatable bonds is 6. The number of halogens is 2. The van der Waals surface area contributed by atoms with Crippen molar-refractivity contribution in [2.45, 2.75) is 57.6 Å². The average molecular weight is 462 g/mol. The van der Waals surface area contributed by atoms with Gasteiger partial charge in [0.1, 0.15) is 19.0 Å². The minimum atomic E-state index is -3.66. The molecule has 0 aliphatic carbocycles. The second-order valence-electron chi connectivity index (χ2n) is 7.91. The summed E-state index contributed by atoms with van der Waals surface area (Å²) in [6, 6.07) is -1.59. The maximum absolute atomic E-state index is 16.0. The minimum absolute atomic E-state index is 0.110. The topological polar surface area (TPSA) is 136 Å². The van der Waals surface area contributed by atoms with Crippen molar-refractivity contribution in [3.05, 3.63) is 6.33 Å². The van der Waals surface area contributed by atoms with Crippen LogP contribution in [0.2, 0.25) is 0 Å². The molecule has 2 aliphatic heterocycles. The highest BCUT2D eigenvalue weighted by atomic mass is 31.2. The summed E-state index contributed by atoms with van der Waals surface area (Å²) in [5.41, 5.74) is 3.71. The molecule has 14 heteroatoms. The van der Waals surface area contributed by atoms with Crippen LogP contribution < -0.4 is 15.6 Å². The summed E-state index contributed by atoms with van der Waals surface area (Å²) >= 11 is 0. The van der Waals surface area contributed by atoms with Gasteiger partial charge in [0.15, 0.2) is 23.1 Å². The second-order valence-corrected chi connectivity index (χ2v) is 10.0. The number of nitrogen functional groups attached to an aromatic ring is 1. The van der Waals surface area contributed by atoms with Crippen LogP contribution in [0, 0.1) is 0 Å². The Morgan fingerprint density at radius 2 is 2.19 bits per heavy atom. The Balaban J connectivity index is 1.70. The van der Waals surface area contributed by atoms with E-state index >= 15 is 8.78 Å². The number of hydrogen-bond donors (Lipinski definition) is 2. The number of hydrogen-bond acceptors (Lipinski definition) is 9. The van der Waals surface area contributed by atoms with Crippen molar-refractivity contribution in [2.24, 2.45) is 0 Å². The monoisotopic (exact) mass is 462 g/mol. The Bertz CT molecular complexity index is 1040. The van der Waals surface area contributed by atoms with Crippen molar-refractivity contribution in [3.63, 3.8) is 0 Å². The van der Waals surface area contributed by atoms with Crippen molar-refractivity contribution in [1.29, 1.82) is 0 Å². The predicted molar refractivity (Wildman–Crippen MR) is 106 cm³/mol. The maximum atomic E-state index is 16.0. The van der Waals surface area contributed by atoms with Gasteiger partial charge in [-0.25, -0.2) is 18.9 Å². The smallest absolute Gasteiger partial charge is 0.295 e. The van der Waals surface area contributed by atoms with E-state index < -0.39 is 37.9 Å². The third-order valence-corrected chi connectivity index (χ3v) is 6.79. The number of aromatic nitrogens is 4. The molecule has 0 unspecified atom stereocenters. The van der Waals surface area contributed by atoms with Crippen LogP contribution in [0.4, 0.5) is 14.7 Å². The molecule has 4 rings (SSSR count). The molecule has 31 heavy (non-hydrogen) atoms. The first-order valence-electron chi connectivity index (χ1n) is 9.80. The van der Waals surface area contributed by atoms with E-state index in [-0.39, 0.29) is 35.4 Å². The number of imidazole rings is 1. The summed E-state index contributed by atoms with van der Waals surface area (Å²) in [6.07, 6.45) is -0.829. The Hall–Kier alpha value is -1.92. The molecule has 2 saturated heterocycles. The first-order chi connectivity index (χ1) is 14.5. The SMILES string of the molecule is CCOc1nc(N)nc2c1ncn2[C@@H]1O[C@]2(F)CO[P@](=O)(COC(C)C)N[C@H]2[C@@]1(C)F. The molecule has 0 bridgehead atoms. The van der Waals surface area contributed by atoms with Gasteiger partial charge in [0.2, 0.25) is 11.8 Å². The molecule has 2 aromatic rings. The fraction of sp³-hybridized carbons (Fsp3) is 0.706. The van der Waals surface area contributed by atoms with Gasteiger partial charge in [0, 0.05) is 0 Å². The normalized spacial score (nSPS) is 35.6. The molecule has 0 aromatic carbocycles. The summed E-state index contributed by atoms with van der Waals surface area (Å²) in [5.74, 6) is -2.59. The van der Waals surface area contributed by atoms with Gasteiger partial charge >= 0.3 is 0 Å². The Labute approximate surface area is 177 Å². The van der Waals surface area contributed by atoms with Crippen molar-refractivity contribution >= 4 is 24.6 Å². The van der Waals surface area contributed by atoms with E-state index in [0.717, 1.165) is 6.92 Å². The predicted octanol–water partition coefficient (Wildman–Crippen LogP) is 2.29. The zero-order chi connectivity index (χ0) is 22.6. The third-order valence-electron chi connectivity index (χ3n) is 5.10. The van der Waals surface area contributed by atoms with Gasteiger partial charge in [-0.15, -0.1) is 0 Å². The van der Waals surface area contributed by atoms with Gasteiger partial charge in [-0.05, 0) is 27.7 Å². The number of ether oxygens (including phenoxy) is 3. The van der Waals surface area contributed by atoms with Gasteiger partial charge in [-0.1, -0.05) is 0 Å². The van der Waals surface area contributed by atoms with Crippen LogP contribution in [0.3, 0.4) is 0 Å². The maximum Gasteiger partial charge on any atom is 0.295 e. The summed E-state index contributed by atoms with van der Waals surface area (Å²) in [4.78, 5) is 12.2. The Morgan fingerprint density at radius 1 is 1.45 bits per heavy atom. The third kappa shape index (κ3) is 3.78. The molecular weight excluding hydrogens is 437 g/mol. The molecule has 2 fully saturated rings. The van der Waals surface area contributed by atoms with Gasteiger partial charge in [-0.3, -0.25) is 9.13 Å². The number of nitrogens with one attached hydrogen (secondary N) is 1. The van der Waals surface area contributed by atoms with Crippen LogP contribution >= 0.6 is 7.52 Å². The lowest BCUT2D eigenvalue weighted by molar-refractivity contribution is -0.186. The van der Waals surface area contributed by atoms with Crippen molar-refractivity contribution < 1.29 is 32.1 Å². The highest BCUT2D eigenvalue weighted by molar-refractivity contribution is 7.56. The van der Waals surface area contributed by atoms with E-state index in [1.807, 2.05) is 0 Å². The molecule has 4 heterocycles. The molecule has 3 N–H and O–H groups in total. The first-order valence-corrected chi connectivity index (χ1v) is 11.6. The van der Waals surface area contributed by atoms with E-state index in [4.69, 9.17) is 24.5 Å². The standard InChI is InChI=1S/C17H25F2N6O5P/c1-5-27-12-10-11(22-15(20)23-12)25(7-21-10)14-16(4,18)13-17(19,30-14)6-29-31(26,24-13)8-28-9(2)3/h7,9,13-14H,5-6,8H2,1-4H3,(H,24,26)(H2,20,22,23)/t13-,14+,16+,17+,31+/m0/s1. The molecule has 11 nitrogen and oxygen atoms in total. The molecule has 0 amide bonds. The van der Waals surface area contributed by atoms with E-state index in [9.17, 15) is 4.57 Å². The molecule has 0 spiro atoms. The molecule has 2 aliphatic rings. The minimum Gasteiger partial charge on any atom is -0.476 e. The number of alkyl halides is 2. The summed E-state index contributed by atoms with van der Waals surface area (Å²) in [5, 5.41) is 2.48. The first kappa shape index (κ1) is 22.3. The highest BCUT2D eigenvalue weighted by Crippen LogP contribution is 2.58. The number of fused-ring (bicyclic) bond motifs is 2. The summed E-state index contributed by atoms with van der Waals surface area (Å²) in [6.45, 7) is 5.96. The largest absolute Gasteiger partial charge is 0.476 e. The van der Waals surface area contributed by atoms with Crippen LogP contribution in [-0.2, 0) is 18.6 Å². The molecule has 0 radical (unpaired) electrons. The number of nitrogens with zero attached hydrogens (tertiary/aromatic N) is 4. The second kappa shape index (κ2) is 7.59. The molecule has 172 valence electrons. The van der Waals surface area contributed by atoms with E-state index in [1.165, 1.54) is 10.9 Å². The Kier molecular flexibility index (Phi) is 5.46. The lowest BCUT2D eigenvalue weighted by Crippen LogP contribution is -2.58. The van der Waals surface area contributed by atoms with E-state index in [0.29, 0.717) is 6.61 Å². The molecule has 0 saturated carbocycles. The van der Waals surface area contributed by atoms with Gasteiger partial charge in [-0.2, -0.15) is 9.97 Å². The average Bonchev–Trinajstić information content (AvgIpc) is 3.18. The summed E-state index contributed by atoms with van der Waals surface area (Å²) < 4.78 is 67.2. The zero-order valence-electron chi connectivity index (χ0n) is 17.5. The lowest BCUT2D eigenvalue weighted by atomic mass is 9.95. The lowest BCUT2D eigenvalue weighted by Gasteiger charge is -2.38. The molecule has 2 aromatic heterocycles. The fourth-order valence-corrected chi connectivity index (χ4v) is 5.61. The van der Waals surface area contributed by atoms with Crippen LogP contribution in [-0.4, -0.2) is 62.8 Å². The van der Waals surface area contributed by atoms with Gasteiger partial charge in [0.05, 0.1) is 19.0 Å². The van der Waals surface area contributed by atoms with E-state index in [1.54, 1.807) is 20.8 Å². The Morgan fingerprint density at radius 3 is 2.87 bits per heavy atom. The molecular formula is C17H25F2N6O5P. The van der Waals surface area contributed by atoms with E-state index in [2.05, 4.69) is 20.0 Å².